The van der Waals surface area contributed by atoms with Crippen molar-refractivity contribution in [1.29, 1.82) is 0 Å². The van der Waals surface area contributed by atoms with Crippen LogP contribution in [0.2, 0.25) is 23.7 Å². The summed E-state index contributed by atoms with van der Waals surface area (Å²) in [4.78, 5) is 32.3. The second kappa shape index (κ2) is 16.4. The number of hydrogen-bond acceptors (Lipinski definition) is 7. The van der Waals surface area contributed by atoms with E-state index in [2.05, 4.69) is 48.5 Å². The molecule has 5 aromatic carbocycles. The topological polar surface area (TPSA) is 110 Å². The van der Waals surface area contributed by atoms with E-state index in [9.17, 15) is 9.90 Å². The summed E-state index contributed by atoms with van der Waals surface area (Å²) in [5, 5.41) is 21.1. The molecule has 1 saturated heterocycles. The predicted molar refractivity (Wildman–Crippen MR) is 241 cm³/mol. The highest BCUT2D eigenvalue weighted by Crippen LogP contribution is 2.60. The first-order valence-corrected chi connectivity index (χ1v) is 24.5. The van der Waals surface area contributed by atoms with E-state index in [-0.39, 0.29) is 41.9 Å². The third-order valence-corrected chi connectivity index (χ3v) is 18.0. The molecule has 3 aliphatic rings. The molecule has 3 aliphatic heterocycles. The van der Waals surface area contributed by atoms with Gasteiger partial charge in [0.15, 0.2) is 5.60 Å². The van der Waals surface area contributed by atoms with Crippen LogP contribution in [0.3, 0.4) is 0 Å². The maximum atomic E-state index is 15.4. The number of para-hydroxylation sites is 1. The molecule has 10 nitrogen and oxygen atoms in total. The van der Waals surface area contributed by atoms with Crippen LogP contribution in [0.1, 0.15) is 53.6 Å². The molecule has 1 N–H and O–H groups in total. The number of carbonyl (C=O) groups excluding carboxylic acids is 2. The monoisotopic (exact) mass is 851 g/mol. The van der Waals surface area contributed by atoms with E-state index in [0.29, 0.717) is 36.6 Å². The summed E-state index contributed by atoms with van der Waals surface area (Å²) in [5.41, 5.74) is 5.76. The summed E-state index contributed by atoms with van der Waals surface area (Å²) in [5.74, 6) is 0.245. The SMILES string of the molecule is COc1ccc([Si](C)(C)[C@@H]2[C@@H](CCn3cc(C(CO)c4ccccc4)nn3)O[C@]3(C(=O)N(Cc4ccc(N5C(=O)CCc6ccccc65)cc4)c4ccc(Cl)cc43)[C@H]2C)cc1. The minimum Gasteiger partial charge on any atom is -0.497 e. The van der Waals surface area contributed by atoms with Crippen LogP contribution in [-0.2, 0) is 39.4 Å². The molecular formula is C49H50ClN5O5Si. The van der Waals surface area contributed by atoms with Crippen LogP contribution in [-0.4, -0.2) is 59.8 Å². The van der Waals surface area contributed by atoms with E-state index in [1.165, 1.54) is 5.19 Å². The molecule has 9 rings (SSSR count). The van der Waals surface area contributed by atoms with Crippen molar-refractivity contribution in [1.82, 2.24) is 15.0 Å². The molecule has 0 bridgehead atoms. The number of benzene rings is 5. The van der Waals surface area contributed by atoms with Crippen molar-refractivity contribution in [3.8, 4) is 5.75 Å². The molecule has 2 amide bonds. The maximum absolute atomic E-state index is 15.4. The van der Waals surface area contributed by atoms with Gasteiger partial charge in [-0.05, 0) is 83.6 Å². The summed E-state index contributed by atoms with van der Waals surface area (Å²) in [6, 6.07) is 39.9. The second-order valence-electron chi connectivity index (χ2n) is 17.1. The number of carbonyl (C=O) groups is 2. The number of rotatable bonds is 12. The summed E-state index contributed by atoms with van der Waals surface area (Å²) in [6.07, 6.45) is 3.37. The Labute approximate surface area is 362 Å². The fourth-order valence-corrected chi connectivity index (χ4v) is 14.5. The second-order valence-corrected chi connectivity index (χ2v) is 22.2. The minimum atomic E-state index is -2.41. The fraction of sp³-hybridized carbons (Fsp3) is 0.306. The van der Waals surface area contributed by atoms with Crippen LogP contribution in [0.15, 0.2) is 128 Å². The molecule has 0 saturated carbocycles. The highest BCUT2D eigenvalue weighted by atomic mass is 35.5. The molecular weight excluding hydrogens is 802 g/mol. The Morgan fingerprint density at radius 1 is 0.918 bits per heavy atom. The Morgan fingerprint density at radius 3 is 2.39 bits per heavy atom. The Balaban J connectivity index is 1.04. The van der Waals surface area contributed by atoms with Gasteiger partial charge in [0, 0.05) is 41.4 Å². The molecule has 4 heterocycles. The average Bonchev–Trinajstić information content (AvgIpc) is 3.94. The van der Waals surface area contributed by atoms with Crippen molar-refractivity contribution in [2.45, 2.75) is 75.5 Å². The number of ether oxygens (including phenoxy) is 2. The molecule has 1 unspecified atom stereocenters. The van der Waals surface area contributed by atoms with Gasteiger partial charge >= 0.3 is 0 Å². The van der Waals surface area contributed by atoms with Crippen LogP contribution in [0, 0.1) is 5.92 Å². The molecule has 1 fully saturated rings. The lowest BCUT2D eigenvalue weighted by Crippen LogP contribution is -2.51. The molecule has 0 radical (unpaired) electrons. The largest absolute Gasteiger partial charge is 0.497 e. The van der Waals surface area contributed by atoms with E-state index < -0.39 is 13.7 Å². The quantitative estimate of drug-likeness (QED) is 0.123. The van der Waals surface area contributed by atoms with Gasteiger partial charge in [-0.1, -0.05) is 115 Å². The molecule has 1 spiro atoms. The Morgan fingerprint density at radius 2 is 1.66 bits per heavy atom. The number of amides is 2. The molecule has 5 atom stereocenters. The molecule has 1 aromatic heterocycles. The number of methoxy groups -OCH3 is 1. The average molecular weight is 853 g/mol. The Bertz CT molecular complexity index is 2570. The van der Waals surface area contributed by atoms with Crippen LogP contribution in [0.5, 0.6) is 5.75 Å². The number of aliphatic hydroxyl groups excluding tert-OH is 1. The highest BCUT2D eigenvalue weighted by molar-refractivity contribution is 6.91. The van der Waals surface area contributed by atoms with Crippen molar-refractivity contribution in [2.24, 2.45) is 5.92 Å². The van der Waals surface area contributed by atoms with Crippen molar-refractivity contribution in [2.75, 3.05) is 23.5 Å². The summed E-state index contributed by atoms with van der Waals surface area (Å²) < 4.78 is 14.7. The Hall–Kier alpha value is -5.59. The number of hydrogen-bond donors (Lipinski definition) is 1. The van der Waals surface area contributed by atoms with Crippen molar-refractivity contribution in [3.05, 3.63) is 160 Å². The van der Waals surface area contributed by atoms with Gasteiger partial charge < -0.3 is 19.5 Å². The minimum absolute atomic E-state index is 0.0124. The first kappa shape index (κ1) is 40.8. The van der Waals surface area contributed by atoms with Gasteiger partial charge in [-0.25, -0.2) is 0 Å². The van der Waals surface area contributed by atoms with Crippen molar-refractivity contribution in [3.63, 3.8) is 0 Å². The number of fused-ring (bicyclic) bond motifs is 3. The van der Waals surface area contributed by atoms with Crippen LogP contribution >= 0.6 is 11.6 Å². The summed E-state index contributed by atoms with van der Waals surface area (Å²) in [7, 11) is -0.740. The van der Waals surface area contributed by atoms with E-state index >= 15 is 4.79 Å². The van der Waals surface area contributed by atoms with E-state index in [4.69, 9.17) is 21.1 Å². The fourth-order valence-electron chi connectivity index (χ4n) is 10.3. The third kappa shape index (κ3) is 7.17. The standard InChI is InChI=1S/C49H50ClN5O5Si/c1-32-47(61(3,4)39-22-20-38(59-2)21-23-39)45(26-27-53-30-42(51-52-53)40(31-56)34-10-6-5-7-11-34)60-49(32)41-28-36(50)17-24-44(41)54(48(49)58)29-33-14-18-37(19-15-33)55-43-13-9-8-12-35(43)16-25-46(55)57/h5-15,17-24,28,30,32,40,45,47,56H,16,25-27,29,31H2,1-4H3/t32-,40?,45+,47-,49+/m0/s1. The lowest BCUT2D eigenvalue weighted by molar-refractivity contribution is -0.146. The number of halogens is 1. The predicted octanol–water partition coefficient (Wildman–Crippen LogP) is 8.53. The van der Waals surface area contributed by atoms with Gasteiger partial charge in [0.1, 0.15) is 5.75 Å². The zero-order chi connectivity index (χ0) is 42.5. The molecule has 312 valence electrons. The number of nitrogens with zero attached hydrogens (tertiary/aromatic N) is 5. The zero-order valence-electron chi connectivity index (χ0n) is 34.9. The van der Waals surface area contributed by atoms with Gasteiger partial charge in [0.25, 0.3) is 5.91 Å². The first-order valence-electron chi connectivity index (χ1n) is 21.0. The zero-order valence-corrected chi connectivity index (χ0v) is 36.6. The first-order chi connectivity index (χ1) is 29.5. The number of aryl methyl sites for hydroxylation is 2. The highest BCUT2D eigenvalue weighted by Gasteiger charge is 2.66. The lowest BCUT2D eigenvalue weighted by Gasteiger charge is -2.37. The number of anilines is 3. The van der Waals surface area contributed by atoms with Gasteiger partial charge in [0.2, 0.25) is 5.91 Å². The molecule has 12 heteroatoms. The molecule has 61 heavy (non-hydrogen) atoms. The van der Waals surface area contributed by atoms with Gasteiger partial charge in [0.05, 0.1) is 57.4 Å². The van der Waals surface area contributed by atoms with Crippen LogP contribution < -0.4 is 19.7 Å². The lowest BCUT2D eigenvalue weighted by atomic mass is 9.82. The normalized spacial score (nSPS) is 21.5. The summed E-state index contributed by atoms with van der Waals surface area (Å²) in [6.45, 7) is 7.65. The molecule has 6 aromatic rings. The molecule has 0 aliphatic carbocycles. The van der Waals surface area contributed by atoms with E-state index in [1.54, 1.807) is 12.0 Å². The van der Waals surface area contributed by atoms with Crippen molar-refractivity contribution >= 4 is 53.7 Å². The third-order valence-electron chi connectivity index (χ3n) is 13.4. The number of aromatic nitrogens is 3. The van der Waals surface area contributed by atoms with Gasteiger partial charge in [-0.15, -0.1) is 5.10 Å². The van der Waals surface area contributed by atoms with E-state index in [0.717, 1.165) is 51.5 Å². The van der Waals surface area contributed by atoms with E-state index in [1.807, 2.05) is 119 Å². The summed E-state index contributed by atoms with van der Waals surface area (Å²) >= 11 is 6.78. The van der Waals surface area contributed by atoms with Crippen molar-refractivity contribution < 1.29 is 24.2 Å². The van der Waals surface area contributed by atoms with Crippen LogP contribution in [0.25, 0.3) is 0 Å². The van der Waals surface area contributed by atoms with Gasteiger partial charge in [-0.3, -0.25) is 19.2 Å². The number of aliphatic hydroxyl groups is 1. The Kier molecular flexibility index (Phi) is 10.9. The van der Waals surface area contributed by atoms with Gasteiger partial charge in [-0.2, -0.15) is 0 Å². The maximum Gasteiger partial charge on any atom is 0.264 e. The van der Waals surface area contributed by atoms with Crippen LogP contribution in [0.4, 0.5) is 17.1 Å². The smallest absolute Gasteiger partial charge is 0.264 e.